The molecule has 0 saturated carbocycles. The summed E-state index contributed by atoms with van der Waals surface area (Å²) in [7, 11) is 0. The molecular weight excluding hydrogens is 240 g/mol. The van der Waals surface area contributed by atoms with Gasteiger partial charge >= 0.3 is 0 Å². The largest absolute Gasteiger partial charge is 0.316 e. The summed E-state index contributed by atoms with van der Waals surface area (Å²) in [5.74, 6) is 0. The zero-order chi connectivity index (χ0) is 12.9. The molecule has 1 aliphatic rings. The first kappa shape index (κ1) is 11.9. The highest BCUT2D eigenvalue weighted by Gasteiger charge is 2.39. The summed E-state index contributed by atoms with van der Waals surface area (Å²) < 4.78 is 0. The maximum Gasteiger partial charge on any atom is 0.118 e. The topological polar surface area (TPSA) is 38.9 Å². The number of fused-ring (bicyclic) bond motifs is 1. The van der Waals surface area contributed by atoms with Crippen LogP contribution in [0.5, 0.6) is 0 Å². The van der Waals surface area contributed by atoms with Gasteiger partial charge in [-0.2, -0.15) is 0 Å². The van der Waals surface area contributed by atoms with Crippen molar-refractivity contribution in [3.8, 4) is 0 Å². The van der Waals surface area contributed by atoms with Crippen molar-refractivity contribution in [1.82, 2.24) is 4.98 Å². The molecular formula is C15H18N2S. The van der Waals surface area contributed by atoms with Gasteiger partial charge in [0, 0.05) is 4.88 Å². The van der Waals surface area contributed by atoms with Crippen molar-refractivity contribution in [3.05, 3.63) is 50.5 Å². The minimum atomic E-state index is -0.370. The Morgan fingerprint density at radius 3 is 2.72 bits per heavy atom. The van der Waals surface area contributed by atoms with E-state index in [4.69, 9.17) is 5.73 Å². The SMILES string of the molecule is Cc1ccc2c(c1)C(N)(c1nc(C)c(C)s1)CC2. The third kappa shape index (κ3) is 1.62. The molecule has 0 bridgehead atoms. The van der Waals surface area contributed by atoms with E-state index in [1.54, 1.807) is 11.3 Å². The van der Waals surface area contributed by atoms with E-state index in [0.29, 0.717) is 0 Å². The number of aromatic nitrogens is 1. The summed E-state index contributed by atoms with van der Waals surface area (Å²) in [6, 6.07) is 6.62. The van der Waals surface area contributed by atoms with Crippen molar-refractivity contribution >= 4 is 11.3 Å². The average molecular weight is 258 g/mol. The molecule has 18 heavy (non-hydrogen) atoms. The third-order valence-electron chi connectivity index (χ3n) is 3.94. The number of thiazole rings is 1. The summed E-state index contributed by atoms with van der Waals surface area (Å²) in [6.45, 7) is 6.30. The fourth-order valence-electron chi connectivity index (χ4n) is 2.68. The van der Waals surface area contributed by atoms with E-state index < -0.39 is 0 Å². The summed E-state index contributed by atoms with van der Waals surface area (Å²) >= 11 is 1.74. The van der Waals surface area contributed by atoms with Gasteiger partial charge in [0.25, 0.3) is 0 Å². The molecule has 0 saturated heterocycles. The monoisotopic (exact) mass is 258 g/mol. The van der Waals surface area contributed by atoms with Crippen LogP contribution < -0.4 is 5.73 Å². The second kappa shape index (κ2) is 3.90. The molecule has 2 nitrogen and oxygen atoms in total. The average Bonchev–Trinajstić information content (AvgIpc) is 2.83. The molecule has 0 aliphatic heterocycles. The van der Waals surface area contributed by atoms with Gasteiger partial charge in [0.15, 0.2) is 0 Å². The van der Waals surface area contributed by atoms with Gasteiger partial charge < -0.3 is 5.73 Å². The zero-order valence-electron chi connectivity index (χ0n) is 11.1. The number of nitrogens with two attached hydrogens (primary N) is 1. The standard InChI is InChI=1S/C15H18N2S/c1-9-4-5-12-6-7-15(16,13(12)8-9)14-17-10(2)11(3)18-14/h4-5,8H,6-7,16H2,1-3H3. The lowest BCUT2D eigenvalue weighted by Gasteiger charge is -2.23. The summed E-state index contributed by atoms with van der Waals surface area (Å²) in [5.41, 5.74) is 11.4. The predicted molar refractivity (Wildman–Crippen MR) is 76.1 cm³/mol. The molecule has 1 unspecified atom stereocenters. The quantitative estimate of drug-likeness (QED) is 0.853. The number of aryl methyl sites for hydroxylation is 4. The fraction of sp³-hybridized carbons (Fsp3) is 0.400. The smallest absolute Gasteiger partial charge is 0.118 e. The zero-order valence-corrected chi connectivity index (χ0v) is 11.9. The predicted octanol–water partition coefficient (Wildman–Crippen LogP) is 3.22. The molecule has 1 aromatic heterocycles. The Morgan fingerprint density at radius 1 is 1.28 bits per heavy atom. The Morgan fingerprint density at radius 2 is 2.06 bits per heavy atom. The fourth-order valence-corrected chi connectivity index (χ4v) is 3.74. The molecule has 3 heteroatoms. The summed E-state index contributed by atoms with van der Waals surface area (Å²) in [4.78, 5) is 5.96. The molecule has 0 amide bonds. The second-order valence-corrected chi connectivity index (χ2v) is 6.50. The van der Waals surface area contributed by atoms with Crippen LogP contribution in [0.3, 0.4) is 0 Å². The molecule has 0 radical (unpaired) electrons. The number of hydrogen-bond acceptors (Lipinski definition) is 3. The van der Waals surface area contributed by atoms with Gasteiger partial charge in [-0.05, 0) is 44.7 Å². The van der Waals surface area contributed by atoms with E-state index in [9.17, 15) is 0 Å². The van der Waals surface area contributed by atoms with Gasteiger partial charge in [-0.1, -0.05) is 23.8 Å². The van der Waals surface area contributed by atoms with Gasteiger partial charge in [-0.3, -0.25) is 0 Å². The summed E-state index contributed by atoms with van der Waals surface area (Å²) in [6.07, 6.45) is 2.03. The minimum absolute atomic E-state index is 0.370. The molecule has 1 aromatic carbocycles. The van der Waals surface area contributed by atoms with Crippen LogP contribution in [0.2, 0.25) is 0 Å². The highest BCUT2D eigenvalue weighted by atomic mass is 32.1. The van der Waals surface area contributed by atoms with Crippen LogP contribution in [0.25, 0.3) is 0 Å². The maximum atomic E-state index is 6.69. The Balaban J connectivity index is 2.16. The highest BCUT2D eigenvalue weighted by molar-refractivity contribution is 7.11. The number of hydrogen-bond donors (Lipinski definition) is 1. The summed E-state index contributed by atoms with van der Waals surface area (Å²) in [5, 5.41) is 1.07. The Bertz CT molecular complexity index is 595. The van der Waals surface area contributed by atoms with Gasteiger partial charge in [-0.15, -0.1) is 11.3 Å². The van der Waals surface area contributed by atoms with Gasteiger partial charge in [0.2, 0.25) is 0 Å². The lowest BCUT2D eigenvalue weighted by molar-refractivity contribution is 0.530. The first-order valence-corrected chi connectivity index (χ1v) is 7.16. The van der Waals surface area contributed by atoms with Crippen LogP contribution in [-0.4, -0.2) is 4.98 Å². The molecule has 2 aromatic rings. The van der Waals surface area contributed by atoms with E-state index in [1.165, 1.54) is 21.6 Å². The van der Waals surface area contributed by atoms with E-state index in [0.717, 1.165) is 23.5 Å². The van der Waals surface area contributed by atoms with Crippen LogP contribution >= 0.6 is 11.3 Å². The van der Waals surface area contributed by atoms with E-state index in [1.807, 2.05) is 0 Å². The van der Waals surface area contributed by atoms with E-state index in [-0.39, 0.29) is 5.54 Å². The van der Waals surface area contributed by atoms with Gasteiger partial charge in [-0.25, -0.2) is 4.98 Å². The van der Waals surface area contributed by atoms with E-state index in [2.05, 4.69) is 44.0 Å². The Labute approximate surface area is 112 Å². The molecule has 2 N–H and O–H groups in total. The Hall–Kier alpha value is -1.19. The molecule has 1 heterocycles. The van der Waals surface area contributed by atoms with Crippen molar-refractivity contribution < 1.29 is 0 Å². The highest BCUT2D eigenvalue weighted by Crippen LogP contribution is 2.42. The number of nitrogens with zero attached hydrogens (tertiary/aromatic N) is 1. The van der Waals surface area contributed by atoms with Crippen LogP contribution in [0.15, 0.2) is 18.2 Å². The van der Waals surface area contributed by atoms with Crippen molar-refractivity contribution in [3.63, 3.8) is 0 Å². The van der Waals surface area contributed by atoms with Crippen LogP contribution in [0, 0.1) is 20.8 Å². The number of benzene rings is 1. The van der Waals surface area contributed by atoms with Crippen molar-refractivity contribution in [1.29, 1.82) is 0 Å². The molecule has 3 rings (SSSR count). The molecule has 0 fully saturated rings. The Kier molecular flexibility index (Phi) is 2.57. The van der Waals surface area contributed by atoms with Crippen LogP contribution in [0.4, 0.5) is 0 Å². The normalized spacial score (nSPS) is 22.2. The van der Waals surface area contributed by atoms with Gasteiger partial charge in [0.1, 0.15) is 5.01 Å². The molecule has 1 aliphatic carbocycles. The molecule has 94 valence electrons. The first-order chi connectivity index (χ1) is 8.50. The number of rotatable bonds is 1. The van der Waals surface area contributed by atoms with Gasteiger partial charge in [0.05, 0.1) is 11.2 Å². The van der Waals surface area contributed by atoms with Crippen LogP contribution in [0.1, 0.15) is 38.7 Å². The molecule has 0 spiro atoms. The van der Waals surface area contributed by atoms with E-state index >= 15 is 0 Å². The van der Waals surface area contributed by atoms with Crippen molar-refractivity contribution in [2.45, 2.75) is 39.2 Å². The maximum absolute atomic E-state index is 6.69. The second-order valence-electron chi connectivity index (χ2n) is 5.29. The first-order valence-electron chi connectivity index (χ1n) is 6.34. The lowest BCUT2D eigenvalue weighted by atomic mass is 9.92. The lowest BCUT2D eigenvalue weighted by Crippen LogP contribution is -2.35. The molecule has 1 atom stereocenters. The van der Waals surface area contributed by atoms with Crippen LogP contribution in [-0.2, 0) is 12.0 Å². The minimum Gasteiger partial charge on any atom is -0.316 e. The van der Waals surface area contributed by atoms with Crippen molar-refractivity contribution in [2.24, 2.45) is 5.73 Å². The van der Waals surface area contributed by atoms with Crippen molar-refractivity contribution in [2.75, 3.05) is 0 Å². The third-order valence-corrected chi connectivity index (χ3v) is 5.20.